The normalized spacial score (nSPS) is 17.0. The van der Waals surface area contributed by atoms with Crippen LogP contribution in [0.4, 0.5) is 0 Å². The number of hydrogen-bond donors (Lipinski definition) is 1. The molecule has 184 valence electrons. The molecule has 0 amide bonds. The van der Waals surface area contributed by atoms with E-state index in [0.717, 1.165) is 53.1 Å². The van der Waals surface area contributed by atoms with Gasteiger partial charge in [0.25, 0.3) is 0 Å². The van der Waals surface area contributed by atoms with E-state index in [1.807, 2.05) is 30.5 Å². The molecule has 0 radical (unpaired) electrons. The maximum absolute atomic E-state index is 6.64. The van der Waals surface area contributed by atoms with Gasteiger partial charge in [-0.3, -0.25) is 4.90 Å². The number of halogens is 1. The van der Waals surface area contributed by atoms with Gasteiger partial charge < -0.3 is 4.98 Å². The van der Waals surface area contributed by atoms with Crippen molar-refractivity contribution in [2.24, 2.45) is 0 Å². The van der Waals surface area contributed by atoms with E-state index < -0.39 is 0 Å². The topological polar surface area (TPSA) is 31.9 Å². The largest absolute Gasteiger partial charge is 0.338 e. The number of fused-ring (bicyclic) bond motifs is 1. The molecule has 3 aromatic carbocycles. The second kappa shape index (κ2) is 10.6. The van der Waals surface area contributed by atoms with Gasteiger partial charge in [-0.25, -0.2) is 4.98 Å². The van der Waals surface area contributed by atoms with Crippen LogP contribution in [0.2, 0.25) is 5.02 Å². The molecule has 36 heavy (non-hydrogen) atoms. The minimum atomic E-state index is 0.724. The molecule has 1 saturated carbocycles. The van der Waals surface area contributed by atoms with Crippen LogP contribution in [0.5, 0.6) is 0 Å². The lowest BCUT2D eigenvalue weighted by atomic mass is 9.89. The van der Waals surface area contributed by atoms with Crippen molar-refractivity contribution in [1.82, 2.24) is 14.9 Å². The molecule has 0 unspecified atom stereocenters. The average Bonchev–Trinajstić information content (AvgIpc) is 3.25. The first-order valence-corrected chi connectivity index (χ1v) is 13.9. The molecule has 0 saturated heterocycles. The number of rotatable bonds is 5. The third-order valence-corrected chi connectivity index (χ3v) is 8.40. The molecular weight excluding hydrogens is 462 g/mol. The van der Waals surface area contributed by atoms with Gasteiger partial charge in [-0.1, -0.05) is 91.9 Å². The van der Waals surface area contributed by atoms with Crippen molar-refractivity contribution in [3.8, 4) is 22.6 Å². The summed E-state index contributed by atoms with van der Waals surface area (Å²) in [5, 5.41) is 0.724. The number of aromatic nitrogens is 2. The first-order valence-electron chi connectivity index (χ1n) is 13.5. The van der Waals surface area contributed by atoms with Crippen molar-refractivity contribution in [1.29, 1.82) is 0 Å². The Bertz CT molecular complexity index is 1320. The zero-order valence-electron chi connectivity index (χ0n) is 20.8. The average molecular weight is 496 g/mol. The molecule has 2 heterocycles. The summed E-state index contributed by atoms with van der Waals surface area (Å²) in [6.45, 7) is 2.30. The molecule has 4 aromatic rings. The summed E-state index contributed by atoms with van der Waals surface area (Å²) < 4.78 is 0. The van der Waals surface area contributed by atoms with Crippen LogP contribution in [0.3, 0.4) is 0 Å². The molecule has 0 atom stereocenters. The molecule has 0 spiro atoms. The Kier molecular flexibility index (Phi) is 6.94. The molecule has 1 aliphatic carbocycles. The highest BCUT2D eigenvalue weighted by Gasteiger charge is 2.25. The maximum atomic E-state index is 6.64. The van der Waals surface area contributed by atoms with E-state index in [4.69, 9.17) is 11.6 Å². The Balaban J connectivity index is 1.22. The lowest BCUT2D eigenvalue weighted by Crippen LogP contribution is -2.39. The Morgan fingerprint density at radius 3 is 2.58 bits per heavy atom. The molecule has 1 fully saturated rings. The van der Waals surface area contributed by atoms with Crippen LogP contribution in [-0.4, -0.2) is 27.5 Å². The van der Waals surface area contributed by atoms with Crippen LogP contribution in [0.15, 0.2) is 72.9 Å². The third kappa shape index (κ3) is 5.00. The summed E-state index contributed by atoms with van der Waals surface area (Å²) in [4.78, 5) is 10.9. The molecule has 1 N–H and O–H groups in total. The highest BCUT2D eigenvalue weighted by atomic mass is 35.5. The van der Waals surface area contributed by atoms with Crippen molar-refractivity contribution < 1.29 is 0 Å². The van der Waals surface area contributed by atoms with E-state index in [0.29, 0.717) is 0 Å². The number of nitrogens with one attached hydrogen (secondary N) is 1. The number of aromatic amines is 1. The molecule has 1 aromatic heterocycles. The van der Waals surface area contributed by atoms with E-state index in [1.54, 1.807) is 5.56 Å². The van der Waals surface area contributed by atoms with Gasteiger partial charge in [0.15, 0.2) is 0 Å². The third-order valence-electron chi connectivity index (χ3n) is 8.07. The zero-order valence-corrected chi connectivity index (χ0v) is 21.6. The summed E-state index contributed by atoms with van der Waals surface area (Å²) in [5.41, 5.74) is 8.89. The van der Waals surface area contributed by atoms with Gasteiger partial charge in [-0.2, -0.15) is 0 Å². The fourth-order valence-electron chi connectivity index (χ4n) is 6.12. The molecule has 3 nitrogen and oxygen atoms in total. The molecule has 1 aliphatic heterocycles. The minimum Gasteiger partial charge on any atom is -0.338 e. The Morgan fingerprint density at radius 2 is 1.75 bits per heavy atom. The van der Waals surface area contributed by atoms with Gasteiger partial charge in [0.1, 0.15) is 5.82 Å². The van der Waals surface area contributed by atoms with Gasteiger partial charge >= 0.3 is 0 Å². The van der Waals surface area contributed by atoms with Gasteiger partial charge in [-0.15, -0.1) is 0 Å². The highest BCUT2D eigenvalue weighted by Crippen LogP contribution is 2.32. The van der Waals surface area contributed by atoms with Crippen LogP contribution < -0.4 is 0 Å². The summed E-state index contributed by atoms with van der Waals surface area (Å²) in [6.07, 6.45) is 12.3. The smallest absolute Gasteiger partial charge is 0.139 e. The lowest BCUT2D eigenvalue weighted by Gasteiger charge is -2.36. The highest BCUT2D eigenvalue weighted by molar-refractivity contribution is 6.33. The van der Waals surface area contributed by atoms with E-state index in [2.05, 4.69) is 57.3 Å². The minimum absolute atomic E-state index is 0.724. The van der Waals surface area contributed by atoms with Crippen molar-refractivity contribution in [3.05, 3.63) is 100 Å². The van der Waals surface area contributed by atoms with Crippen molar-refractivity contribution in [2.45, 2.75) is 64.0 Å². The van der Waals surface area contributed by atoms with Crippen molar-refractivity contribution >= 4 is 11.6 Å². The maximum Gasteiger partial charge on any atom is 0.139 e. The molecule has 2 aliphatic rings. The van der Waals surface area contributed by atoms with Gasteiger partial charge in [0.2, 0.25) is 0 Å². The summed E-state index contributed by atoms with van der Waals surface area (Å²) in [7, 11) is 0. The number of H-pyrrole nitrogens is 1. The summed E-state index contributed by atoms with van der Waals surface area (Å²) in [6, 6.07) is 24.4. The summed E-state index contributed by atoms with van der Waals surface area (Å²) in [5.74, 6) is 0.815. The fourth-order valence-corrected chi connectivity index (χ4v) is 6.32. The monoisotopic (exact) mass is 495 g/mol. The lowest BCUT2D eigenvalue weighted by molar-refractivity contribution is 0.162. The number of benzene rings is 3. The van der Waals surface area contributed by atoms with Crippen LogP contribution in [0, 0.1) is 0 Å². The van der Waals surface area contributed by atoms with E-state index in [9.17, 15) is 0 Å². The second-order valence-electron chi connectivity index (χ2n) is 10.4. The zero-order chi connectivity index (χ0) is 24.3. The SMILES string of the molecule is Clc1ccc(Cc2cccc3c2CCN(C2CCCCCC2)C3)cc1-c1ncc(-c2ccccc2)[nH]1. The Hall–Kier alpha value is -2.88. The van der Waals surface area contributed by atoms with Gasteiger partial charge in [0.05, 0.1) is 16.9 Å². The predicted molar refractivity (Wildman–Crippen MR) is 149 cm³/mol. The van der Waals surface area contributed by atoms with E-state index in [-0.39, 0.29) is 0 Å². The van der Waals surface area contributed by atoms with Crippen LogP contribution >= 0.6 is 11.6 Å². The van der Waals surface area contributed by atoms with Gasteiger partial charge in [-0.05, 0) is 65.6 Å². The molecular formula is C32H34ClN3. The van der Waals surface area contributed by atoms with E-state index >= 15 is 0 Å². The van der Waals surface area contributed by atoms with Crippen LogP contribution in [-0.2, 0) is 19.4 Å². The van der Waals surface area contributed by atoms with Crippen molar-refractivity contribution in [3.63, 3.8) is 0 Å². The standard InChI is InChI=1S/C32H34ClN3/c33-30-16-15-23(20-29(30)32-34-21-31(35-32)24-9-4-3-5-10-24)19-25-11-8-12-26-22-36(18-17-28(25)26)27-13-6-1-2-7-14-27/h3-5,8-12,15-16,20-21,27H,1-2,6-7,13-14,17-19,22H2,(H,34,35). The van der Waals surface area contributed by atoms with Gasteiger partial charge in [0, 0.05) is 24.7 Å². The Morgan fingerprint density at radius 1 is 0.917 bits per heavy atom. The van der Waals surface area contributed by atoms with Crippen molar-refractivity contribution in [2.75, 3.05) is 6.54 Å². The molecule has 0 bridgehead atoms. The van der Waals surface area contributed by atoms with Crippen LogP contribution in [0.1, 0.15) is 60.8 Å². The van der Waals surface area contributed by atoms with E-state index in [1.165, 1.54) is 61.8 Å². The molecule has 6 rings (SSSR count). The molecule has 4 heteroatoms. The fraction of sp³-hybridized carbons (Fsp3) is 0.344. The van der Waals surface area contributed by atoms with Crippen LogP contribution in [0.25, 0.3) is 22.6 Å². The summed E-state index contributed by atoms with van der Waals surface area (Å²) >= 11 is 6.64. The number of hydrogen-bond acceptors (Lipinski definition) is 2. The first-order chi connectivity index (χ1) is 17.7. The predicted octanol–water partition coefficient (Wildman–Crippen LogP) is 8.07. The number of nitrogens with zero attached hydrogens (tertiary/aromatic N) is 2. The Labute approximate surface area is 219 Å². The quantitative estimate of drug-likeness (QED) is 0.284. The second-order valence-corrected chi connectivity index (χ2v) is 10.8. The number of imidazole rings is 1. The first kappa shape index (κ1) is 23.5.